The Bertz CT molecular complexity index is 1510. The third-order valence-electron chi connectivity index (χ3n) is 5.75. The minimum atomic E-state index is -3.87. The SMILES string of the molecule is C/C(=N\NC(=O)c1cnccc1NS(=O)(=O)c1cccs1)c1cccc(S(=O)(=O)N2CCN(C)CC2)c1. The number of carbonyl (C=O) groups is 1. The van der Waals surface area contributed by atoms with Gasteiger partial charge >= 0.3 is 0 Å². The number of hydrazone groups is 1. The summed E-state index contributed by atoms with van der Waals surface area (Å²) in [6, 6.07) is 10.8. The molecule has 0 bridgehead atoms. The van der Waals surface area contributed by atoms with Gasteiger partial charge in [-0.3, -0.25) is 14.5 Å². The summed E-state index contributed by atoms with van der Waals surface area (Å²) in [5.74, 6) is -0.683. The third-order valence-corrected chi connectivity index (χ3v) is 10.4. The maximum atomic E-state index is 13.1. The fourth-order valence-electron chi connectivity index (χ4n) is 3.59. The van der Waals surface area contributed by atoms with Gasteiger partial charge in [0.1, 0.15) is 4.21 Å². The van der Waals surface area contributed by atoms with Crippen LogP contribution in [0.4, 0.5) is 5.69 Å². The van der Waals surface area contributed by atoms with E-state index in [1.165, 1.54) is 41.0 Å². The van der Waals surface area contributed by atoms with Crippen molar-refractivity contribution in [1.29, 1.82) is 0 Å². The zero-order valence-corrected chi connectivity index (χ0v) is 22.6. The first-order valence-electron chi connectivity index (χ1n) is 11.2. The van der Waals surface area contributed by atoms with E-state index in [1.807, 2.05) is 7.05 Å². The quantitative estimate of drug-likeness (QED) is 0.316. The van der Waals surface area contributed by atoms with Crippen molar-refractivity contribution in [2.75, 3.05) is 37.9 Å². The number of carbonyl (C=O) groups excluding carboxylic acids is 1. The summed E-state index contributed by atoms with van der Waals surface area (Å²) in [4.78, 5) is 19.0. The minimum Gasteiger partial charge on any atom is -0.304 e. The van der Waals surface area contributed by atoms with Crippen LogP contribution in [0.25, 0.3) is 0 Å². The smallest absolute Gasteiger partial charge is 0.275 e. The van der Waals surface area contributed by atoms with Crippen LogP contribution in [0.15, 0.2) is 74.4 Å². The Morgan fingerprint density at radius 1 is 1.05 bits per heavy atom. The lowest BCUT2D eigenvalue weighted by Crippen LogP contribution is -2.47. The summed E-state index contributed by atoms with van der Waals surface area (Å²) in [6.07, 6.45) is 2.60. The Labute approximate surface area is 219 Å². The highest BCUT2D eigenvalue weighted by Crippen LogP contribution is 2.23. The zero-order valence-electron chi connectivity index (χ0n) is 20.2. The van der Waals surface area contributed by atoms with E-state index in [1.54, 1.807) is 30.5 Å². The van der Waals surface area contributed by atoms with Crippen molar-refractivity contribution in [3.63, 3.8) is 0 Å². The van der Waals surface area contributed by atoms with Crippen molar-refractivity contribution in [3.8, 4) is 0 Å². The molecule has 37 heavy (non-hydrogen) atoms. The number of nitrogens with zero attached hydrogens (tertiary/aromatic N) is 4. The molecule has 0 saturated carbocycles. The van der Waals surface area contributed by atoms with E-state index in [0.29, 0.717) is 37.5 Å². The van der Waals surface area contributed by atoms with E-state index in [9.17, 15) is 21.6 Å². The second-order valence-corrected chi connectivity index (χ2v) is 13.1. The minimum absolute atomic E-state index is 0.0226. The molecule has 14 heteroatoms. The fraction of sp³-hybridized carbons (Fsp3) is 0.261. The predicted octanol–water partition coefficient (Wildman–Crippen LogP) is 2.03. The number of sulfonamides is 2. The Hall–Kier alpha value is -3.17. The Morgan fingerprint density at radius 3 is 2.51 bits per heavy atom. The van der Waals surface area contributed by atoms with Crippen molar-refractivity contribution >= 4 is 48.7 Å². The number of benzene rings is 1. The van der Waals surface area contributed by atoms with Gasteiger partial charge in [0.2, 0.25) is 10.0 Å². The molecule has 1 aliphatic rings. The van der Waals surface area contributed by atoms with Gasteiger partial charge in [0, 0.05) is 38.6 Å². The van der Waals surface area contributed by atoms with E-state index < -0.39 is 26.0 Å². The van der Waals surface area contributed by atoms with Crippen LogP contribution in [0.5, 0.6) is 0 Å². The number of aromatic nitrogens is 1. The molecule has 1 saturated heterocycles. The highest BCUT2D eigenvalue weighted by atomic mass is 32.2. The number of amides is 1. The topological polar surface area (TPSA) is 141 Å². The molecule has 4 rings (SSSR count). The van der Waals surface area contributed by atoms with Gasteiger partial charge in [-0.1, -0.05) is 18.2 Å². The summed E-state index contributed by atoms with van der Waals surface area (Å²) >= 11 is 1.05. The van der Waals surface area contributed by atoms with Crippen LogP contribution >= 0.6 is 11.3 Å². The normalized spacial score (nSPS) is 15.9. The van der Waals surface area contributed by atoms with Gasteiger partial charge in [-0.2, -0.15) is 9.41 Å². The molecule has 0 aliphatic carbocycles. The Kier molecular flexibility index (Phi) is 8.04. The maximum absolute atomic E-state index is 13.1. The van der Waals surface area contributed by atoms with Gasteiger partial charge in [-0.15, -0.1) is 11.3 Å². The second-order valence-electron chi connectivity index (χ2n) is 8.33. The molecule has 2 aromatic heterocycles. The van der Waals surface area contributed by atoms with Crippen molar-refractivity contribution < 1.29 is 21.6 Å². The van der Waals surface area contributed by atoms with Crippen molar-refractivity contribution in [2.45, 2.75) is 16.0 Å². The van der Waals surface area contributed by atoms with E-state index >= 15 is 0 Å². The van der Waals surface area contributed by atoms with E-state index in [2.05, 4.69) is 25.1 Å². The first kappa shape index (κ1) is 26.9. The van der Waals surface area contributed by atoms with E-state index in [0.717, 1.165) is 11.3 Å². The molecule has 11 nitrogen and oxygen atoms in total. The summed E-state index contributed by atoms with van der Waals surface area (Å²) < 4.78 is 55.4. The van der Waals surface area contributed by atoms with Gasteiger partial charge in [-0.25, -0.2) is 22.3 Å². The molecular formula is C23H26N6O5S3. The lowest BCUT2D eigenvalue weighted by Gasteiger charge is -2.31. The second kappa shape index (κ2) is 11.1. The van der Waals surface area contributed by atoms with Crippen molar-refractivity contribution in [3.05, 3.63) is 71.4 Å². The summed E-state index contributed by atoms with van der Waals surface area (Å²) in [7, 11) is -5.59. The maximum Gasteiger partial charge on any atom is 0.275 e. The molecule has 0 atom stereocenters. The van der Waals surface area contributed by atoms with Gasteiger partial charge in [0.05, 0.1) is 21.9 Å². The molecule has 196 valence electrons. The summed E-state index contributed by atoms with van der Waals surface area (Å²) in [5.41, 5.74) is 3.31. The number of piperazine rings is 1. The van der Waals surface area contributed by atoms with Crippen LogP contribution in [-0.2, 0) is 20.0 Å². The molecule has 3 aromatic rings. The van der Waals surface area contributed by atoms with Gasteiger partial charge in [-0.05, 0) is 49.2 Å². The van der Waals surface area contributed by atoms with Gasteiger partial charge < -0.3 is 4.90 Å². The lowest BCUT2D eigenvalue weighted by molar-refractivity contribution is 0.0955. The van der Waals surface area contributed by atoms with E-state index in [-0.39, 0.29) is 20.4 Å². The summed E-state index contributed by atoms with van der Waals surface area (Å²) in [5, 5.41) is 5.74. The van der Waals surface area contributed by atoms with Crippen LogP contribution < -0.4 is 10.1 Å². The zero-order chi connectivity index (χ0) is 26.6. The molecule has 0 radical (unpaired) electrons. The number of rotatable bonds is 8. The van der Waals surface area contributed by atoms with Crippen LogP contribution in [0.1, 0.15) is 22.8 Å². The average Bonchev–Trinajstić information content (AvgIpc) is 3.44. The largest absolute Gasteiger partial charge is 0.304 e. The molecule has 0 unspecified atom stereocenters. The molecule has 1 fully saturated rings. The molecule has 1 aromatic carbocycles. The molecular weight excluding hydrogens is 536 g/mol. The third kappa shape index (κ3) is 6.22. The molecule has 1 amide bonds. The summed E-state index contributed by atoms with van der Waals surface area (Å²) in [6.45, 7) is 3.77. The van der Waals surface area contributed by atoms with Crippen LogP contribution in [0, 0.1) is 0 Å². The van der Waals surface area contributed by atoms with E-state index in [4.69, 9.17) is 0 Å². The molecule has 2 N–H and O–H groups in total. The van der Waals surface area contributed by atoms with Crippen molar-refractivity contribution in [2.24, 2.45) is 5.10 Å². The van der Waals surface area contributed by atoms with Crippen molar-refractivity contribution in [1.82, 2.24) is 19.6 Å². The number of anilines is 1. The van der Waals surface area contributed by atoms with Gasteiger partial charge in [0.25, 0.3) is 15.9 Å². The molecule has 0 spiro atoms. The number of thiophene rings is 1. The van der Waals surface area contributed by atoms with Crippen LogP contribution in [0.3, 0.4) is 0 Å². The standard InChI is InChI=1S/C23H26N6O5S3/c1-17(18-5-3-6-19(15-18)37(33,34)29-12-10-28(2)11-13-29)25-26-23(30)20-16-24-9-8-21(20)27-36(31,32)22-7-4-14-35-22/h3-9,14-16H,10-13H2,1-2H3,(H,24,27)(H,26,30)/b25-17+. The lowest BCUT2D eigenvalue weighted by atomic mass is 10.1. The Balaban J connectivity index is 1.50. The monoisotopic (exact) mass is 562 g/mol. The average molecular weight is 563 g/mol. The van der Waals surface area contributed by atoms with Crippen LogP contribution in [-0.4, -0.2) is 75.9 Å². The van der Waals surface area contributed by atoms with Crippen LogP contribution in [0.2, 0.25) is 0 Å². The number of hydrogen-bond donors (Lipinski definition) is 2. The Morgan fingerprint density at radius 2 is 1.81 bits per heavy atom. The highest BCUT2D eigenvalue weighted by Gasteiger charge is 2.27. The number of nitrogens with one attached hydrogen (secondary N) is 2. The number of likely N-dealkylation sites (N-methyl/N-ethyl adjacent to an activating group) is 1. The molecule has 1 aliphatic heterocycles. The van der Waals surface area contributed by atoms with Gasteiger partial charge in [0.15, 0.2) is 0 Å². The number of pyridine rings is 1. The molecule has 3 heterocycles. The first-order chi connectivity index (χ1) is 17.6. The predicted molar refractivity (Wildman–Crippen MR) is 142 cm³/mol. The highest BCUT2D eigenvalue weighted by molar-refractivity contribution is 7.94. The fourth-order valence-corrected chi connectivity index (χ4v) is 7.14. The first-order valence-corrected chi connectivity index (χ1v) is 15.0. The number of hydrogen-bond acceptors (Lipinski definition) is 9.